The monoisotopic (exact) mass is 509 g/mol. The summed E-state index contributed by atoms with van der Waals surface area (Å²) < 4.78 is 5.43. The van der Waals surface area contributed by atoms with Crippen LogP contribution in [0.2, 0.25) is 0 Å². The molecule has 1 saturated heterocycles. The highest BCUT2D eigenvalue weighted by Crippen LogP contribution is 2.41. The van der Waals surface area contributed by atoms with Crippen molar-refractivity contribution in [2.45, 2.75) is 25.7 Å². The Balaban J connectivity index is 1.40. The Morgan fingerprint density at radius 2 is 1.95 bits per heavy atom. The van der Waals surface area contributed by atoms with Gasteiger partial charge in [0.2, 0.25) is 5.95 Å². The van der Waals surface area contributed by atoms with Crippen molar-refractivity contribution in [2.24, 2.45) is 0 Å². The Morgan fingerprint density at radius 3 is 2.68 bits per heavy atom. The highest BCUT2D eigenvalue weighted by atomic mass is 16.5. The third kappa shape index (κ3) is 5.05. The van der Waals surface area contributed by atoms with Gasteiger partial charge in [-0.25, -0.2) is 9.97 Å². The van der Waals surface area contributed by atoms with Gasteiger partial charge >= 0.3 is 0 Å². The first-order chi connectivity index (χ1) is 18.4. The maximum Gasteiger partial charge on any atom is 0.227 e. The topological polar surface area (TPSA) is 130 Å². The average Bonchev–Trinajstić information content (AvgIpc) is 3.30. The van der Waals surface area contributed by atoms with Gasteiger partial charge in [-0.15, -0.1) is 0 Å². The molecule has 0 radical (unpaired) electrons. The maximum atomic E-state index is 10.0. The summed E-state index contributed by atoms with van der Waals surface area (Å²) in [6, 6.07) is 14.1. The molecule has 9 heteroatoms. The number of anilines is 3. The number of rotatable bonds is 7. The Hall–Kier alpha value is -4.02. The number of morpholine rings is 1. The lowest BCUT2D eigenvalue weighted by Gasteiger charge is -2.26. The molecule has 9 nitrogen and oxygen atoms in total. The molecule has 1 fully saturated rings. The van der Waals surface area contributed by atoms with Crippen LogP contribution in [0.3, 0.4) is 0 Å². The molecule has 1 atom stereocenters. The molecule has 2 aliphatic heterocycles. The van der Waals surface area contributed by atoms with Gasteiger partial charge in [0.1, 0.15) is 6.07 Å². The Bertz CT molecular complexity index is 1440. The number of nitriles is 2. The van der Waals surface area contributed by atoms with Crippen LogP contribution in [-0.2, 0) is 16.6 Å². The van der Waals surface area contributed by atoms with E-state index >= 15 is 0 Å². The van der Waals surface area contributed by atoms with Crippen LogP contribution in [0.1, 0.15) is 34.7 Å². The first-order valence-electron chi connectivity index (χ1n) is 12.8. The minimum Gasteiger partial charge on any atom is -0.395 e. The largest absolute Gasteiger partial charge is 0.395 e. The molecule has 3 N–H and O–H groups in total. The standard InChI is InChI=1S/C29H31N7O2/c1-19-11-20(4-6-36-7-9-38-10-8-36)22(15-30)14-26(19)35-28-32-5-3-25(34-28)21-12-23(16-31)27-24(13-21)29(2,18-37)17-33-27/h3,5,11-14,33,37H,4,6-10,17-18H2,1-2H3,(H,32,34,35)/t29-/m1/s1. The summed E-state index contributed by atoms with van der Waals surface area (Å²) in [5.41, 5.74) is 6.61. The molecule has 0 spiro atoms. The van der Waals surface area contributed by atoms with Crippen LogP contribution in [0.5, 0.6) is 0 Å². The number of hydrogen-bond acceptors (Lipinski definition) is 9. The molecular weight excluding hydrogens is 478 g/mol. The molecule has 0 aliphatic carbocycles. The van der Waals surface area contributed by atoms with Crippen LogP contribution < -0.4 is 10.6 Å². The van der Waals surface area contributed by atoms with Crippen molar-refractivity contribution >= 4 is 17.3 Å². The van der Waals surface area contributed by atoms with Gasteiger partial charge in [0.25, 0.3) is 0 Å². The fraction of sp³-hybridized carbons (Fsp3) is 0.379. The lowest BCUT2D eigenvalue weighted by molar-refractivity contribution is 0.0384. The number of aliphatic hydroxyl groups is 1. The van der Waals surface area contributed by atoms with Crippen LogP contribution in [0.4, 0.5) is 17.3 Å². The average molecular weight is 510 g/mol. The fourth-order valence-corrected chi connectivity index (χ4v) is 5.08. The summed E-state index contributed by atoms with van der Waals surface area (Å²) in [6.07, 6.45) is 2.47. The van der Waals surface area contributed by atoms with Gasteiger partial charge in [-0.1, -0.05) is 13.0 Å². The van der Waals surface area contributed by atoms with E-state index in [-0.39, 0.29) is 6.61 Å². The molecule has 194 valence electrons. The number of nitrogens with one attached hydrogen (secondary N) is 2. The van der Waals surface area contributed by atoms with E-state index in [0.29, 0.717) is 29.3 Å². The van der Waals surface area contributed by atoms with Crippen molar-refractivity contribution in [1.29, 1.82) is 10.5 Å². The van der Waals surface area contributed by atoms with Gasteiger partial charge in [0.15, 0.2) is 0 Å². The number of nitrogens with zero attached hydrogens (tertiary/aromatic N) is 5. The minimum atomic E-state index is -0.473. The van der Waals surface area contributed by atoms with E-state index in [0.717, 1.165) is 72.9 Å². The van der Waals surface area contributed by atoms with E-state index in [2.05, 4.69) is 38.7 Å². The van der Waals surface area contributed by atoms with Crippen LogP contribution >= 0.6 is 0 Å². The van der Waals surface area contributed by atoms with Crippen molar-refractivity contribution in [3.63, 3.8) is 0 Å². The molecule has 1 aromatic heterocycles. The Morgan fingerprint density at radius 1 is 1.16 bits per heavy atom. The van der Waals surface area contributed by atoms with Gasteiger partial charge in [-0.05, 0) is 54.3 Å². The summed E-state index contributed by atoms with van der Waals surface area (Å²) in [4.78, 5) is 11.5. The van der Waals surface area contributed by atoms with Gasteiger partial charge in [0, 0.05) is 49.0 Å². The summed E-state index contributed by atoms with van der Waals surface area (Å²) in [7, 11) is 0. The first-order valence-corrected chi connectivity index (χ1v) is 12.8. The van der Waals surface area contributed by atoms with E-state index in [1.807, 2.05) is 32.0 Å². The number of ether oxygens (including phenoxy) is 1. The van der Waals surface area contributed by atoms with Gasteiger partial charge in [-0.3, -0.25) is 4.90 Å². The minimum absolute atomic E-state index is 0.0269. The number of aryl methyl sites for hydroxylation is 1. The normalized spacial score (nSPS) is 18.8. The fourth-order valence-electron chi connectivity index (χ4n) is 5.08. The predicted octanol–water partition coefficient (Wildman–Crippen LogP) is 3.49. The quantitative estimate of drug-likeness (QED) is 0.438. The number of fused-ring (bicyclic) bond motifs is 1. The highest BCUT2D eigenvalue weighted by molar-refractivity contribution is 5.76. The van der Waals surface area contributed by atoms with Crippen molar-refractivity contribution in [3.05, 3.63) is 64.3 Å². The number of aromatic nitrogens is 2. The molecule has 0 saturated carbocycles. The maximum absolute atomic E-state index is 10.0. The molecule has 2 aromatic carbocycles. The van der Waals surface area contributed by atoms with E-state index < -0.39 is 5.41 Å². The Labute approximate surface area is 222 Å². The molecular formula is C29H31N7O2. The third-order valence-corrected chi connectivity index (χ3v) is 7.48. The zero-order valence-corrected chi connectivity index (χ0v) is 21.7. The van der Waals surface area contributed by atoms with E-state index in [9.17, 15) is 15.6 Å². The SMILES string of the molecule is Cc1cc(CCN2CCOCC2)c(C#N)cc1Nc1nccc(-c2cc(C#N)c3c(c2)[C@@](C)(CO)CN3)n1. The summed E-state index contributed by atoms with van der Waals surface area (Å²) >= 11 is 0. The van der Waals surface area contributed by atoms with Crippen LogP contribution in [0.25, 0.3) is 11.3 Å². The zero-order valence-electron chi connectivity index (χ0n) is 21.7. The lowest BCUT2D eigenvalue weighted by Crippen LogP contribution is -2.37. The van der Waals surface area contributed by atoms with E-state index in [1.54, 1.807) is 12.3 Å². The molecule has 3 aromatic rings. The summed E-state index contributed by atoms with van der Waals surface area (Å²) in [5.74, 6) is 0.401. The lowest BCUT2D eigenvalue weighted by atomic mass is 9.83. The molecule has 38 heavy (non-hydrogen) atoms. The number of benzene rings is 2. The second-order valence-corrected chi connectivity index (χ2v) is 10.2. The second-order valence-electron chi connectivity index (χ2n) is 10.2. The molecule has 0 bridgehead atoms. The third-order valence-electron chi connectivity index (χ3n) is 7.48. The number of aliphatic hydroxyl groups excluding tert-OH is 1. The van der Waals surface area contributed by atoms with Gasteiger partial charge < -0.3 is 20.5 Å². The second kappa shape index (κ2) is 10.8. The van der Waals surface area contributed by atoms with Crippen LogP contribution in [0, 0.1) is 29.6 Å². The van der Waals surface area contributed by atoms with Gasteiger partial charge in [-0.2, -0.15) is 10.5 Å². The van der Waals surface area contributed by atoms with Crippen LogP contribution in [0.15, 0.2) is 36.5 Å². The number of hydrogen-bond donors (Lipinski definition) is 3. The first kappa shape index (κ1) is 25.6. The Kier molecular flexibility index (Phi) is 7.26. The van der Waals surface area contributed by atoms with Crippen molar-refractivity contribution in [3.8, 4) is 23.4 Å². The highest BCUT2D eigenvalue weighted by Gasteiger charge is 2.36. The van der Waals surface area contributed by atoms with E-state index in [1.165, 1.54) is 0 Å². The molecule has 0 unspecified atom stereocenters. The smallest absolute Gasteiger partial charge is 0.227 e. The van der Waals surface area contributed by atoms with Crippen molar-refractivity contribution in [1.82, 2.24) is 14.9 Å². The predicted molar refractivity (Wildman–Crippen MR) is 145 cm³/mol. The molecule has 5 rings (SSSR count). The molecule has 2 aliphatic rings. The van der Waals surface area contributed by atoms with Gasteiger partial charge in [0.05, 0.1) is 48.4 Å². The summed E-state index contributed by atoms with van der Waals surface area (Å²) in [5, 5.41) is 36.1. The van der Waals surface area contributed by atoms with Crippen molar-refractivity contribution < 1.29 is 9.84 Å². The zero-order chi connectivity index (χ0) is 26.7. The molecule has 3 heterocycles. The van der Waals surface area contributed by atoms with Crippen molar-refractivity contribution in [2.75, 3.05) is 56.6 Å². The van der Waals surface area contributed by atoms with E-state index in [4.69, 9.17) is 9.72 Å². The molecule has 0 amide bonds. The van der Waals surface area contributed by atoms with Crippen LogP contribution in [-0.4, -0.2) is 66.0 Å². The summed E-state index contributed by atoms with van der Waals surface area (Å²) in [6.45, 7) is 8.77.